The van der Waals surface area contributed by atoms with Gasteiger partial charge in [0.15, 0.2) is 0 Å². The Bertz CT molecular complexity index is 602. The van der Waals surface area contributed by atoms with Gasteiger partial charge in [0.05, 0.1) is 5.02 Å². The van der Waals surface area contributed by atoms with Gasteiger partial charge in [-0.15, -0.1) is 0 Å². The van der Waals surface area contributed by atoms with Crippen LogP contribution < -0.4 is 5.73 Å². The average Bonchev–Trinajstić information content (AvgIpc) is 2.36. The monoisotopic (exact) mass is 315 g/mol. The van der Waals surface area contributed by atoms with Crippen LogP contribution in [0.15, 0.2) is 46.2 Å². The lowest BCUT2D eigenvalue weighted by Crippen LogP contribution is -2.05. The lowest BCUT2D eigenvalue weighted by Gasteiger charge is -2.09. The first kappa shape index (κ1) is 14.7. The van der Waals surface area contributed by atoms with Gasteiger partial charge in [0.2, 0.25) is 0 Å². The highest BCUT2D eigenvalue weighted by molar-refractivity contribution is 7.99. The highest BCUT2D eigenvalue weighted by atomic mass is 35.5. The van der Waals surface area contributed by atoms with Gasteiger partial charge in [0.1, 0.15) is 5.82 Å². The van der Waals surface area contributed by atoms with Crippen molar-refractivity contribution in [3.63, 3.8) is 0 Å². The molecule has 100 valence electrons. The van der Waals surface area contributed by atoms with Crippen LogP contribution in [0.5, 0.6) is 0 Å². The number of rotatable bonds is 3. The van der Waals surface area contributed by atoms with E-state index >= 15 is 0 Å². The molecule has 0 radical (unpaired) electrons. The molecule has 0 heterocycles. The Labute approximate surface area is 125 Å². The number of hydrogen-bond donors (Lipinski definition) is 1. The maximum absolute atomic E-state index is 14.0. The molecule has 19 heavy (non-hydrogen) atoms. The maximum Gasteiger partial charge on any atom is 0.137 e. The predicted octanol–water partition coefficient (Wildman–Crippen LogP) is 5.30. The summed E-state index contributed by atoms with van der Waals surface area (Å²) in [4.78, 5) is 1.22. The third-order valence-corrected chi connectivity index (χ3v) is 4.38. The summed E-state index contributed by atoms with van der Waals surface area (Å²) in [5.41, 5.74) is 6.48. The first-order valence-electron chi connectivity index (χ1n) is 5.65. The SMILES string of the molecule is C[C@H](N)c1ccc(Sc2cc(Cl)ccc2Cl)c(F)c1. The Morgan fingerprint density at radius 3 is 2.47 bits per heavy atom. The van der Waals surface area contributed by atoms with Crippen molar-refractivity contribution in [2.75, 3.05) is 0 Å². The minimum atomic E-state index is -0.309. The molecular formula is C14H12Cl2FNS. The second kappa shape index (κ2) is 6.14. The average molecular weight is 316 g/mol. The van der Waals surface area contributed by atoms with E-state index in [0.29, 0.717) is 14.9 Å². The van der Waals surface area contributed by atoms with Crippen LogP contribution in [-0.2, 0) is 0 Å². The van der Waals surface area contributed by atoms with E-state index in [4.69, 9.17) is 28.9 Å². The Morgan fingerprint density at radius 1 is 1.11 bits per heavy atom. The second-order valence-corrected chi connectivity index (χ2v) is 6.08. The molecule has 0 saturated heterocycles. The fraction of sp³-hybridized carbons (Fsp3) is 0.143. The minimum absolute atomic E-state index is 0.191. The lowest BCUT2D eigenvalue weighted by atomic mass is 10.1. The molecule has 0 aromatic heterocycles. The highest BCUT2D eigenvalue weighted by Gasteiger charge is 2.10. The van der Waals surface area contributed by atoms with Gasteiger partial charge in [-0.3, -0.25) is 0 Å². The molecule has 0 saturated carbocycles. The maximum atomic E-state index is 14.0. The van der Waals surface area contributed by atoms with Gasteiger partial charge in [-0.05, 0) is 42.8 Å². The van der Waals surface area contributed by atoms with Crippen LogP contribution in [-0.4, -0.2) is 0 Å². The Kier molecular flexibility index (Phi) is 4.74. The normalized spacial score (nSPS) is 12.5. The summed E-state index contributed by atoms with van der Waals surface area (Å²) in [5, 5.41) is 1.12. The molecule has 0 bridgehead atoms. The van der Waals surface area contributed by atoms with E-state index in [-0.39, 0.29) is 11.9 Å². The number of hydrogen-bond acceptors (Lipinski definition) is 2. The Balaban J connectivity index is 2.31. The van der Waals surface area contributed by atoms with Crippen molar-refractivity contribution in [2.24, 2.45) is 5.73 Å². The van der Waals surface area contributed by atoms with Crippen LogP contribution in [0.4, 0.5) is 4.39 Å². The van der Waals surface area contributed by atoms with E-state index in [2.05, 4.69) is 0 Å². The largest absolute Gasteiger partial charge is 0.324 e. The molecular weight excluding hydrogens is 304 g/mol. The molecule has 0 unspecified atom stereocenters. The van der Waals surface area contributed by atoms with E-state index in [1.165, 1.54) is 17.8 Å². The summed E-state index contributed by atoms with van der Waals surface area (Å²) in [7, 11) is 0. The van der Waals surface area contributed by atoms with Gasteiger partial charge in [0.25, 0.3) is 0 Å². The molecule has 1 nitrogen and oxygen atoms in total. The molecule has 2 aromatic carbocycles. The highest BCUT2D eigenvalue weighted by Crippen LogP contribution is 2.36. The summed E-state index contributed by atoms with van der Waals surface area (Å²) in [5.74, 6) is -0.309. The molecule has 2 N–H and O–H groups in total. The molecule has 0 aliphatic heterocycles. The first-order valence-corrected chi connectivity index (χ1v) is 7.22. The smallest absolute Gasteiger partial charge is 0.137 e. The van der Waals surface area contributed by atoms with Crippen LogP contribution in [0.25, 0.3) is 0 Å². The van der Waals surface area contributed by atoms with Crippen molar-refractivity contribution < 1.29 is 4.39 Å². The quantitative estimate of drug-likeness (QED) is 0.831. The van der Waals surface area contributed by atoms with E-state index in [9.17, 15) is 4.39 Å². The summed E-state index contributed by atoms with van der Waals surface area (Å²) in [6, 6.07) is 9.89. The van der Waals surface area contributed by atoms with Crippen molar-refractivity contribution in [1.29, 1.82) is 0 Å². The van der Waals surface area contributed by atoms with Crippen molar-refractivity contribution in [3.05, 3.63) is 57.8 Å². The lowest BCUT2D eigenvalue weighted by molar-refractivity contribution is 0.596. The molecule has 1 atom stereocenters. The zero-order valence-electron chi connectivity index (χ0n) is 10.2. The molecule has 0 spiro atoms. The van der Waals surface area contributed by atoms with Crippen LogP contribution >= 0.6 is 35.0 Å². The van der Waals surface area contributed by atoms with E-state index in [1.54, 1.807) is 24.3 Å². The van der Waals surface area contributed by atoms with Crippen molar-refractivity contribution in [1.82, 2.24) is 0 Å². The van der Waals surface area contributed by atoms with Gasteiger partial charge >= 0.3 is 0 Å². The molecule has 2 aromatic rings. The van der Waals surface area contributed by atoms with Crippen molar-refractivity contribution in [2.45, 2.75) is 22.8 Å². The molecule has 5 heteroatoms. The van der Waals surface area contributed by atoms with Gasteiger partial charge in [-0.1, -0.05) is 41.0 Å². The zero-order chi connectivity index (χ0) is 14.0. The fourth-order valence-electron chi connectivity index (χ4n) is 1.56. The van der Waals surface area contributed by atoms with Gasteiger partial charge < -0.3 is 5.73 Å². The van der Waals surface area contributed by atoms with Crippen LogP contribution in [0, 0.1) is 5.82 Å². The zero-order valence-corrected chi connectivity index (χ0v) is 12.5. The van der Waals surface area contributed by atoms with Crippen LogP contribution in [0.2, 0.25) is 10.0 Å². The molecule has 2 rings (SSSR count). The fourth-order valence-corrected chi connectivity index (χ4v) is 2.91. The van der Waals surface area contributed by atoms with E-state index in [0.717, 1.165) is 10.5 Å². The Hall–Kier alpha value is -0.740. The summed E-state index contributed by atoms with van der Waals surface area (Å²) in [6.07, 6.45) is 0. The topological polar surface area (TPSA) is 26.0 Å². The third-order valence-electron chi connectivity index (χ3n) is 2.59. The second-order valence-electron chi connectivity index (χ2n) is 4.16. The van der Waals surface area contributed by atoms with Crippen molar-refractivity contribution >= 4 is 35.0 Å². The van der Waals surface area contributed by atoms with Crippen molar-refractivity contribution in [3.8, 4) is 0 Å². The minimum Gasteiger partial charge on any atom is -0.324 e. The van der Waals surface area contributed by atoms with Gasteiger partial charge in [-0.25, -0.2) is 4.39 Å². The number of nitrogens with two attached hydrogens (primary N) is 1. The summed E-state index contributed by atoms with van der Waals surface area (Å²) < 4.78 is 14.0. The van der Waals surface area contributed by atoms with Crippen LogP contribution in [0.1, 0.15) is 18.5 Å². The van der Waals surface area contributed by atoms with Crippen LogP contribution in [0.3, 0.4) is 0 Å². The molecule has 0 aliphatic rings. The third kappa shape index (κ3) is 3.63. The standard InChI is InChI=1S/C14H12Cl2FNS/c1-8(18)9-2-5-13(12(17)6-9)19-14-7-10(15)3-4-11(14)16/h2-8H,18H2,1H3/t8-/m0/s1. The Morgan fingerprint density at radius 2 is 1.84 bits per heavy atom. The predicted molar refractivity (Wildman–Crippen MR) is 79.6 cm³/mol. The number of benzene rings is 2. The van der Waals surface area contributed by atoms with Gasteiger partial charge in [0, 0.05) is 20.9 Å². The summed E-state index contributed by atoms with van der Waals surface area (Å²) >= 11 is 13.2. The molecule has 0 fully saturated rings. The van der Waals surface area contributed by atoms with Gasteiger partial charge in [-0.2, -0.15) is 0 Å². The molecule has 0 aliphatic carbocycles. The molecule has 0 amide bonds. The summed E-state index contributed by atoms with van der Waals surface area (Å²) in [6.45, 7) is 1.81. The van der Waals surface area contributed by atoms with E-state index < -0.39 is 0 Å². The van der Waals surface area contributed by atoms with E-state index in [1.807, 2.05) is 13.0 Å². The first-order chi connectivity index (χ1) is 8.97. The number of halogens is 3.